The summed E-state index contributed by atoms with van der Waals surface area (Å²) in [4.78, 5) is 24.5. The Morgan fingerprint density at radius 1 is 1.03 bits per heavy atom. The summed E-state index contributed by atoms with van der Waals surface area (Å²) >= 11 is 0. The number of aromatic nitrogens is 1. The van der Waals surface area contributed by atoms with Crippen molar-refractivity contribution >= 4 is 5.91 Å². The molecule has 184 valence electrons. The van der Waals surface area contributed by atoms with Crippen LogP contribution in [-0.2, 0) is 0 Å². The summed E-state index contributed by atoms with van der Waals surface area (Å²) in [6.07, 6.45) is 10.5. The number of hydrogen-bond acceptors (Lipinski definition) is 6. The van der Waals surface area contributed by atoms with Gasteiger partial charge < -0.3 is 19.0 Å². The highest BCUT2D eigenvalue weighted by atomic mass is 16.5. The molecule has 1 amide bonds. The number of amides is 1. The Morgan fingerprint density at radius 3 is 2.50 bits per heavy atom. The second kappa shape index (κ2) is 10.9. The van der Waals surface area contributed by atoms with E-state index in [-0.39, 0.29) is 5.91 Å². The fourth-order valence-corrected chi connectivity index (χ4v) is 5.70. The van der Waals surface area contributed by atoms with Crippen LogP contribution in [0.5, 0.6) is 5.75 Å². The Morgan fingerprint density at radius 2 is 1.79 bits per heavy atom. The summed E-state index contributed by atoms with van der Waals surface area (Å²) in [6, 6.07) is 9.20. The summed E-state index contributed by atoms with van der Waals surface area (Å²) in [7, 11) is 0. The van der Waals surface area contributed by atoms with Crippen LogP contribution < -0.4 is 4.74 Å². The number of piperazine rings is 1. The van der Waals surface area contributed by atoms with Crippen molar-refractivity contribution in [3.05, 3.63) is 36.2 Å². The van der Waals surface area contributed by atoms with E-state index in [1.54, 1.807) is 0 Å². The van der Waals surface area contributed by atoms with Gasteiger partial charge in [0.05, 0.1) is 6.61 Å². The van der Waals surface area contributed by atoms with Crippen LogP contribution in [0.15, 0.2) is 34.9 Å². The molecule has 3 aliphatic rings. The Balaban J connectivity index is 1.09. The number of hydrogen-bond donors (Lipinski definition) is 0. The van der Waals surface area contributed by atoms with Crippen molar-refractivity contribution < 1.29 is 13.9 Å². The monoisotopic (exact) mass is 466 g/mol. The van der Waals surface area contributed by atoms with E-state index in [2.05, 4.69) is 21.7 Å². The van der Waals surface area contributed by atoms with Crippen LogP contribution in [0.25, 0.3) is 11.5 Å². The lowest BCUT2D eigenvalue weighted by Gasteiger charge is -2.37. The highest BCUT2D eigenvalue weighted by Crippen LogP contribution is 2.26. The molecule has 2 aromatic rings. The lowest BCUT2D eigenvalue weighted by Crippen LogP contribution is -2.51. The minimum Gasteiger partial charge on any atom is -0.494 e. The first-order valence-electron chi connectivity index (χ1n) is 13.1. The summed E-state index contributed by atoms with van der Waals surface area (Å²) in [5, 5.41) is 0. The molecule has 1 unspecified atom stereocenters. The predicted octanol–water partition coefficient (Wildman–Crippen LogP) is 4.30. The van der Waals surface area contributed by atoms with Crippen molar-refractivity contribution in [1.82, 2.24) is 19.7 Å². The van der Waals surface area contributed by atoms with E-state index < -0.39 is 0 Å². The van der Waals surface area contributed by atoms with Gasteiger partial charge in [-0.3, -0.25) is 9.69 Å². The van der Waals surface area contributed by atoms with Gasteiger partial charge in [-0.2, -0.15) is 0 Å². The van der Waals surface area contributed by atoms with Crippen molar-refractivity contribution in [2.45, 2.75) is 64.0 Å². The molecule has 0 spiro atoms. The zero-order valence-corrected chi connectivity index (χ0v) is 20.5. The molecule has 1 aliphatic carbocycles. The van der Waals surface area contributed by atoms with Crippen LogP contribution in [0.4, 0.5) is 0 Å². The SMILES string of the molecule is CC1CCCN1CCCOc1ccc(-c2nc(C(=O)N3CCN(C4CCCC4)CC3)co2)cc1. The third-order valence-electron chi connectivity index (χ3n) is 7.82. The first-order valence-corrected chi connectivity index (χ1v) is 13.1. The Labute approximate surface area is 203 Å². The Bertz CT molecular complexity index is 930. The molecular formula is C27H38N4O3. The second-order valence-corrected chi connectivity index (χ2v) is 10.1. The zero-order chi connectivity index (χ0) is 23.3. The fraction of sp³-hybridized carbons (Fsp3) is 0.630. The largest absolute Gasteiger partial charge is 0.494 e. The number of rotatable bonds is 8. The van der Waals surface area contributed by atoms with Gasteiger partial charge in [0.2, 0.25) is 5.89 Å². The van der Waals surface area contributed by atoms with Crippen molar-refractivity contribution in [1.29, 1.82) is 0 Å². The van der Waals surface area contributed by atoms with Gasteiger partial charge in [-0.05, 0) is 69.8 Å². The molecule has 2 saturated heterocycles. The van der Waals surface area contributed by atoms with Crippen LogP contribution in [0.1, 0.15) is 62.4 Å². The number of oxazole rings is 1. The van der Waals surface area contributed by atoms with E-state index in [0.717, 1.165) is 56.5 Å². The maximum absolute atomic E-state index is 13.0. The topological polar surface area (TPSA) is 62.1 Å². The molecule has 1 aromatic heterocycles. The van der Waals surface area contributed by atoms with Gasteiger partial charge in [0.15, 0.2) is 5.69 Å². The predicted molar refractivity (Wildman–Crippen MR) is 132 cm³/mol. The van der Waals surface area contributed by atoms with E-state index in [0.29, 0.717) is 24.2 Å². The van der Waals surface area contributed by atoms with Crippen LogP contribution in [0.3, 0.4) is 0 Å². The summed E-state index contributed by atoms with van der Waals surface area (Å²) in [5.74, 6) is 1.29. The van der Waals surface area contributed by atoms with Crippen molar-refractivity contribution in [2.75, 3.05) is 45.9 Å². The highest BCUT2D eigenvalue weighted by molar-refractivity contribution is 5.92. The van der Waals surface area contributed by atoms with Crippen LogP contribution >= 0.6 is 0 Å². The first-order chi connectivity index (χ1) is 16.7. The van der Waals surface area contributed by atoms with Crippen molar-refractivity contribution in [2.24, 2.45) is 0 Å². The molecular weight excluding hydrogens is 428 g/mol. The number of ether oxygens (including phenoxy) is 1. The molecule has 7 nitrogen and oxygen atoms in total. The zero-order valence-electron chi connectivity index (χ0n) is 20.5. The quantitative estimate of drug-likeness (QED) is 0.541. The number of nitrogens with zero attached hydrogens (tertiary/aromatic N) is 4. The number of likely N-dealkylation sites (tertiary alicyclic amines) is 1. The smallest absolute Gasteiger partial charge is 0.275 e. The summed E-state index contributed by atoms with van der Waals surface area (Å²) in [5.41, 5.74) is 1.24. The van der Waals surface area contributed by atoms with Crippen LogP contribution in [0.2, 0.25) is 0 Å². The Kier molecular flexibility index (Phi) is 7.50. The van der Waals surface area contributed by atoms with Gasteiger partial charge >= 0.3 is 0 Å². The molecule has 5 rings (SSSR count). The molecule has 34 heavy (non-hydrogen) atoms. The third kappa shape index (κ3) is 5.47. The minimum atomic E-state index is -0.0339. The molecule has 0 N–H and O–H groups in total. The third-order valence-corrected chi connectivity index (χ3v) is 7.82. The van der Waals surface area contributed by atoms with Crippen molar-refractivity contribution in [3.8, 4) is 17.2 Å². The van der Waals surface area contributed by atoms with Gasteiger partial charge in [0, 0.05) is 50.4 Å². The first kappa shape index (κ1) is 23.4. The van der Waals surface area contributed by atoms with E-state index in [9.17, 15) is 4.79 Å². The standard InChI is InChI=1S/C27H38N4O3/c1-21-6-4-13-29(21)14-5-19-33-24-11-9-22(10-12-24)26-28-25(20-34-26)27(32)31-17-15-30(16-18-31)23-7-2-3-8-23/h9-12,20-21,23H,2-8,13-19H2,1H3. The lowest BCUT2D eigenvalue weighted by molar-refractivity contribution is 0.0568. The molecule has 1 atom stereocenters. The van der Waals surface area contributed by atoms with Gasteiger partial charge in [-0.15, -0.1) is 0 Å². The highest BCUT2D eigenvalue weighted by Gasteiger charge is 2.29. The van der Waals surface area contributed by atoms with Crippen LogP contribution in [-0.4, -0.2) is 83.5 Å². The molecule has 0 bridgehead atoms. The Hall–Kier alpha value is -2.38. The lowest BCUT2D eigenvalue weighted by atomic mass is 10.2. The molecule has 1 saturated carbocycles. The van der Waals surface area contributed by atoms with Crippen LogP contribution in [0, 0.1) is 0 Å². The number of carbonyl (C=O) groups is 1. The molecule has 3 fully saturated rings. The molecule has 1 aromatic carbocycles. The van der Waals surface area contributed by atoms with Gasteiger partial charge in [-0.1, -0.05) is 12.8 Å². The van der Waals surface area contributed by atoms with Gasteiger partial charge in [0.25, 0.3) is 5.91 Å². The van der Waals surface area contributed by atoms with E-state index in [1.807, 2.05) is 29.2 Å². The fourth-order valence-electron chi connectivity index (χ4n) is 5.70. The average Bonchev–Trinajstić information content (AvgIpc) is 3.65. The maximum Gasteiger partial charge on any atom is 0.275 e. The number of carbonyl (C=O) groups excluding carboxylic acids is 1. The minimum absolute atomic E-state index is 0.0339. The van der Waals surface area contributed by atoms with Crippen molar-refractivity contribution in [3.63, 3.8) is 0 Å². The summed E-state index contributed by atoms with van der Waals surface area (Å²) in [6.45, 7) is 8.79. The molecule has 3 heterocycles. The van der Waals surface area contributed by atoms with Gasteiger partial charge in [0.1, 0.15) is 12.0 Å². The van der Waals surface area contributed by atoms with E-state index in [4.69, 9.17) is 9.15 Å². The second-order valence-electron chi connectivity index (χ2n) is 10.1. The normalized spacial score (nSPS) is 22.5. The molecule has 7 heteroatoms. The van der Waals surface area contributed by atoms with Gasteiger partial charge in [-0.25, -0.2) is 4.98 Å². The average molecular weight is 467 g/mol. The molecule has 0 radical (unpaired) electrons. The maximum atomic E-state index is 13.0. The van der Waals surface area contributed by atoms with E-state index in [1.165, 1.54) is 51.3 Å². The summed E-state index contributed by atoms with van der Waals surface area (Å²) < 4.78 is 11.6. The molecule has 2 aliphatic heterocycles. The number of benzene rings is 1. The van der Waals surface area contributed by atoms with E-state index >= 15 is 0 Å².